The van der Waals surface area contributed by atoms with Crippen molar-refractivity contribution in [3.05, 3.63) is 54.4 Å². The Morgan fingerprint density at radius 3 is 2.88 bits per heavy atom. The van der Waals surface area contributed by atoms with Crippen LogP contribution in [0.3, 0.4) is 0 Å². The van der Waals surface area contributed by atoms with Crippen LogP contribution in [0, 0.1) is 11.3 Å². The van der Waals surface area contributed by atoms with Gasteiger partial charge >= 0.3 is 0 Å². The summed E-state index contributed by atoms with van der Waals surface area (Å²) in [5, 5.41) is 12.7. The third-order valence-electron chi connectivity index (χ3n) is 2.14. The Morgan fingerprint density at radius 2 is 2.12 bits per heavy atom. The summed E-state index contributed by atoms with van der Waals surface area (Å²) in [7, 11) is 0. The van der Waals surface area contributed by atoms with Crippen molar-refractivity contribution in [2.45, 2.75) is 6.42 Å². The summed E-state index contributed by atoms with van der Waals surface area (Å²) in [5.41, 5.74) is 2.03. The molecule has 1 heterocycles. The average molecular weight is 209 g/mol. The minimum atomic E-state index is 0.427. The molecular formula is C13H11N3. The highest BCUT2D eigenvalue weighted by atomic mass is 15.3. The van der Waals surface area contributed by atoms with Gasteiger partial charge in [0.2, 0.25) is 0 Å². The van der Waals surface area contributed by atoms with Gasteiger partial charge in [0.05, 0.1) is 24.4 Å². The van der Waals surface area contributed by atoms with Crippen molar-refractivity contribution in [3.8, 4) is 11.8 Å². The van der Waals surface area contributed by atoms with E-state index in [0.717, 1.165) is 11.3 Å². The zero-order valence-electron chi connectivity index (χ0n) is 8.74. The molecule has 0 aliphatic rings. The molecule has 0 radical (unpaired) electrons. The lowest BCUT2D eigenvalue weighted by Gasteiger charge is -1.98. The van der Waals surface area contributed by atoms with Gasteiger partial charge in [-0.2, -0.15) is 10.4 Å². The molecule has 0 atom stereocenters. The Kier molecular flexibility index (Phi) is 3.15. The van der Waals surface area contributed by atoms with Gasteiger partial charge in [-0.3, -0.25) is 0 Å². The van der Waals surface area contributed by atoms with Crippen LogP contribution in [0.15, 0.2) is 48.8 Å². The third kappa shape index (κ3) is 2.37. The van der Waals surface area contributed by atoms with E-state index in [2.05, 4.69) is 11.2 Å². The highest BCUT2D eigenvalue weighted by molar-refractivity contribution is 5.48. The van der Waals surface area contributed by atoms with E-state index in [9.17, 15) is 0 Å². The van der Waals surface area contributed by atoms with Crippen LogP contribution in [0.25, 0.3) is 11.8 Å². The highest BCUT2D eigenvalue weighted by Gasteiger charge is 1.96. The summed E-state index contributed by atoms with van der Waals surface area (Å²) >= 11 is 0. The van der Waals surface area contributed by atoms with Gasteiger partial charge in [-0.05, 0) is 12.1 Å². The Morgan fingerprint density at radius 1 is 1.31 bits per heavy atom. The van der Waals surface area contributed by atoms with Gasteiger partial charge in [0.15, 0.2) is 0 Å². The number of nitrogens with zero attached hydrogens (tertiary/aromatic N) is 3. The van der Waals surface area contributed by atoms with E-state index in [4.69, 9.17) is 5.26 Å². The van der Waals surface area contributed by atoms with E-state index in [-0.39, 0.29) is 0 Å². The van der Waals surface area contributed by atoms with Crippen LogP contribution in [0.5, 0.6) is 0 Å². The number of allylic oxidation sites excluding steroid dienone is 1. The van der Waals surface area contributed by atoms with Crippen molar-refractivity contribution < 1.29 is 0 Å². The van der Waals surface area contributed by atoms with Crippen molar-refractivity contribution in [2.24, 2.45) is 0 Å². The fraction of sp³-hybridized carbons (Fsp3) is 0.0769. The van der Waals surface area contributed by atoms with Crippen molar-refractivity contribution in [1.29, 1.82) is 5.26 Å². The molecule has 0 saturated carbocycles. The minimum absolute atomic E-state index is 0.427. The summed E-state index contributed by atoms with van der Waals surface area (Å²) in [5.74, 6) is 0. The molecule has 0 bridgehead atoms. The molecule has 0 saturated heterocycles. The lowest BCUT2D eigenvalue weighted by atomic mass is 10.3. The van der Waals surface area contributed by atoms with Crippen LogP contribution in [-0.4, -0.2) is 9.78 Å². The smallest absolute Gasteiger partial charge is 0.0663 e. The topological polar surface area (TPSA) is 41.6 Å². The Hall–Kier alpha value is -2.34. The van der Waals surface area contributed by atoms with E-state index in [1.807, 2.05) is 53.4 Å². The van der Waals surface area contributed by atoms with Gasteiger partial charge in [0.25, 0.3) is 0 Å². The van der Waals surface area contributed by atoms with E-state index in [1.54, 1.807) is 6.20 Å². The standard InChI is InChI=1S/C13H11N3/c14-9-5-4-6-12-10-15-16(11-12)13-7-2-1-3-8-13/h1-4,6-8,10-11H,5H2. The molecule has 0 fully saturated rings. The molecule has 2 aromatic rings. The molecule has 2 rings (SSSR count). The molecule has 3 heteroatoms. The molecule has 1 aromatic heterocycles. The molecule has 1 aromatic carbocycles. The van der Waals surface area contributed by atoms with Crippen LogP contribution >= 0.6 is 0 Å². The fourth-order valence-corrected chi connectivity index (χ4v) is 1.39. The molecule has 0 aliphatic heterocycles. The second kappa shape index (κ2) is 4.94. The van der Waals surface area contributed by atoms with Gasteiger partial charge < -0.3 is 0 Å². The molecule has 3 nitrogen and oxygen atoms in total. The van der Waals surface area contributed by atoms with Crippen LogP contribution in [0.1, 0.15) is 12.0 Å². The molecule has 0 N–H and O–H groups in total. The van der Waals surface area contributed by atoms with Crippen molar-refractivity contribution in [2.75, 3.05) is 0 Å². The average Bonchev–Trinajstić information content (AvgIpc) is 2.79. The molecule has 0 unspecified atom stereocenters. The van der Waals surface area contributed by atoms with Gasteiger partial charge in [-0.1, -0.05) is 30.4 Å². The molecule has 0 amide bonds. The highest BCUT2D eigenvalue weighted by Crippen LogP contribution is 2.08. The van der Waals surface area contributed by atoms with Crippen LogP contribution in [0.2, 0.25) is 0 Å². The lowest BCUT2D eigenvalue weighted by molar-refractivity contribution is 0.880. The Labute approximate surface area is 94.3 Å². The van der Waals surface area contributed by atoms with Crippen LogP contribution in [-0.2, 0) is 0 Å². The number of hydrogen-bond acceptors (Lipinski definition) is 2. The van der Waals surface area contributed by atoms with Gasteiger partial charge in [-0.25, -0.2) is 4.68 Å². The number of benzene rings is 1. The van der Waals surface area contributed by atoms with Crippen LogP contribution < -0.4 is 0 Å². The Balaban J connectivity index is 2.18. The minimum Gasteiger partial charge on any atom is -0.240 e. The second-order valence-corrected chi connectivity index (χ2v) is 3.32. The Bertz CT molecular complexity index is 518. The van der Waals surface area contributed by atoms with Gasteiger partial charge in [-0.15, -0.1) is 0 Å². The molecule has 0 aliphatic carbocycles. The van der Waals surface area contributed by atoms with Crippen molar-refractivity contribution in [1.82, 2.24) is 9.78 Å². The summed E-state index contributed by atoms with van der Waals surface area (Å²) in [6.45, 7) is 0. The molecule has 78 valence electrons. The maximum absolute atomic E-state index is 8.41. The van der Waals surface area contributed by atoms with Crippen molar-refractivity contribution >= 4 is 6.08 Å². The first-order valence-corrected chi connectivity index (χ1v) is 5.04. The lowest BCUT2D eigenvalue weighted by Crippen LogP contribution is -1.92. The third-order valence-corrected chi connectivity index (χ3v) is 2.14. The second-order valence-electron chi connectivity index (χ2n) is 3.32. The van der Waals surface area contributed by atoms with E-state index < -0.39 is 0 Å². The normalized spacial score (nSPS) is 10.4. The first-order valence-electron chi connectivity index (χ1n) is 5.04. The quantitative estimate of drug-likeness (QED) is 0.780. The number of para-hydroxylation sites is 1. The first kappa shape index (κ1) is 10.2. The monoisotopic (exact) mass is 209 g/mol. The van der Waals surface area contributed by atoms with Crippen LogP contribution in [0.4, 0.5) is 0 Å². The van der Waals surface area contributed by atoms with Gasteiger partial charge in [0.1, 0.15) is 0 Å². The fourth-order valence-electron chi connectivity index (χ4n) is 1.39. The summed E-state index contributed by atoms with van der Waals surface area (Å²) in [6, 6.07) is 12.0. The zero-order valence-corrected chi connectivity index (χ0v) is 8.74. The summed E-state index contributed by atoms with van der Waals surface area (Å²) in [6.07, 6.45) is 7.86. The predicted molar refractivity (Wildman–Crippen MR) is 62.8 cm³/mol. The van der Waals surface area contributed by atoms with Crippen molar-refractivity contribution in [3.63, 3.8) is 0 Å². The number of rotatable bonds is 3. The molecular weight excluding hydrogens is 198 g/mol. The number of aromatic nitrogens is 2. The predicted octanol–water partition coefficient (Wildman–Crippen LogP) is 2.80. The first-order chi connectivity index (χ1) is 7.90. The number of hydrogen-bond donors (Lipinski definition) is 0. The maximum atomic E-state index is 8.41. The van der Waals surface area contributed by atoms with E-state index in [0.29, 0.717) is 6.42 Å². The zero-order chi connectivity index (χ0) is 11.2. The SMILES string of the molecule is N#CCC=Cc1cnn(-c2ccccc2)c1. The summed E-state index contributed by atoms with van der Waals surface area (Å²) in [4.78, 5) is 0. The van der Waals surface area contributed by atoms with E-state index in [1.165, 1.54) is 0 Å². The summed E-state index contributed by atoms with van der Waals surface area (Å²) < 4.78 is 1.81. The van der Waals surface area contributed by atoms with E-state index >= 15 is 0 Å². The largest absolute Gasteiger partial charge is 0.240 e. The maximum Gasteiger partial charge on any atom is 0.0663 e. The van der Waals surface area contributed by atoms with Gasteiger partial charge in [0, 0.05) is 11.8 Å². The number of nitriles is 1. The molecule has 0 spiro atoms. The molecule has 16 heavy (non-hydrogen) atoms.